The van der Waals surface area contributed by atoms with Gasteiger partial charge >= 0.3 is 6.01 Å². The number of aliphatic hydroxyl groups is 1. The van der Waals surface area contributed by atoms with Crippen LogP contribution in [-0.2, 0) is 0 Å². The molecule has 8 nitrogen and oxygen atoms in total. The summed E-state index contributed by atoms with van der Waals surface area (Å²) in [5.41, 5.74) is 5.98. The van der Waals surface area contributed by atoms with Gasteiger partial charge in [0.15, 0.2) is 10.9 Å². The standard InChI is InChI=1S/C29H30ClF3N6O2S/c30-19-11-18-23(22(33)21(19)17-4-5-20(32)25-24(17)35-27(34)42-25)36-28(37-26(18)38-8-1-3-16(40)6-10-38)41-14-29-7-2-9-39(29)13-15(31)12-29/h4-5,11,15-16,40H,1-3,6-10,12-14H2,(H2,34,35)/t15-,16?,29+/m1/s1. The van der Waals surface area contributed by atoms with E-state index < -0.39 is 29.4 Å². The van der Waals surface area contributed by atoms with Gasteiger partial charge in [-0.3, -0.25) is 4.90 Å². The van der Waals surface area contributed by atoms with Crippen molar-refractivity contribution in [3.8, 4) is 17.1 Å². The van der Waals surface area contributed by atoms with Crippen LogP contribution >= 0.6 is 22.9 Å². The zero-order chi connectivity index (χ0) is 29.2. The molecule has 0 bridgehead atoms. The first-order valence-corrected chi connectivity index (χ1v) is 15.4. The number of hydrogen-bond acceptors (Lipinski definition) is 9. The average molecular weight is 619 g/mol. The number of rotatable bonds is 5. The van der Waals surface area contributed by atoms with Crippen LogP contribution in [0.3, 0.4) is 0 Å². The van der Waals surface area contributed by atoms with E-state index in [4.69, 9.17) is 27.1 Å². The van der Waals surface area contributed by atoms with Crippen LogP contribution in [0.1, 0.15) is 38.5 Å². The van der Waals surface area contributed by atoms with E-state index in [1.807, 2.05) is 4.90 Å². The lowest BCUT2D eigenvalue weighted by molar-refractivity contribution is 0.107. The maximum absolute atomic E-state index is 16.6. The Hall–Kier alpha value is -2.93. The quantitative estimate of drug-likeness (QED) is 0.293. The molecule has 5 heterocycles. The summed E-state index contributed by atoms with van der Waals surface area (Å²) in [5, 5.41) is 10.9. The van der Waals surface area contributed by atoms with Crippen molar-refractivity contribution in [2.24, 2.45) is 0 Å². The molecule has 0 saturated carbocycles. The second-order valence-electron chi connectivity index (χ2n) is 11.5. The summed E-state index contributed by atoms with van der Waals surface area (Å²) in [7, 11) is 0. The van der Waals surface area contributed by atoms with E-state index in [-0.39, 0.29) is 44.1 Å². The van der Waals surface area contributed by atoms with E-state index in [1.165, 1.54) is 12.1 Å². The fourth-order valence-corrected chi connectivity index (χ4v) is 7.90. The highest BCUT2D eigenvalue weighted by molar-refractivity contribution is 7.22. The summed E-state index contributed by atoms with van der Waals surface area (Å²) in [6.07, 6.45) is 2.71. The van der Waals surface area contributed by atoms with Gasteiger partial charge in [0.1, 0.15) is 29.9 Å². The minimum atomic E-state index is -0.917. The van der Waals surface area contributed by atoms with E-state index in [9.17, 15) is 13.9 Å². The molecule has 13 heteroatoms. The van der Waals surface area contributed by atoms with Crippen LogP contribution in [0.4, 0.5) is 24.1 Å². The second kappa shape index (κ2) is 10.7. The van der Waals surface area contributed by atoms with E-state index in [2.05, 4.69) is 14.9 Å². The number of halogens is 4. The molecule has 3 aliphatic heterocycles. The molecule has 3 N–H and O–H groups in total. The van der Waals surface area contributed by atoms with Crippen molar-refractivity contribution in [2.75, 3.05) is 43.4 Å². The van der Waals surface area contributed by atoms with Crippen molar-refractivity contribution in [3.05, 3.63) is 34.9 Å². The van der Waals surface area contributed by atoms with Crippen LogP contribution in [0.25, 0.3) is 32.2 Å². The minimum Gasteiger partial charge on any atom is -0.461 e. The van der Waals surface area contributed by atoms with Gasteiger partial charge in [0, 0.05) is 42.6 Å². The average Bonchev–Trinajstić information content (AvgIpc) is 3.57. The molecule has 3 saturated heterocycles. The van der Waals surface area contributed by atoms with Gasteiger partial charge in [0.2, 0.25) is 0 Å². The Labute approximate surface area is 249 Å². The first-order valence-electron chi connectivity index (χ1n) is 14.2. The number of ether oxygens (including phenoxy) is 1. The molecule has 2 aromatic heterocycles. The van der Waals surface area contributed by atoms with Crippen LogP contribution in [-0.4, -0.2) is 75.6 Å². The largest absolute Gasteiger partial charge is 0.461 e. The molecule has 7 rings (SSSR count). The molecule has 0 amide bonds. The minimum absolute atomic E-state index is 0.00422. The van der Waals surface area contributed by atoms with Gasteiger partial charge in [-0.05, 0) is 56.8 Å². The number of alkyl halides is 1. The van der Waals surface area contributed by atoms with Crippen molar-refractivity contribution in [1.29, 1.82) is 0 Å². The molecule has 1 unspecified atom stereocenters. The third-order valence-corrected chi connectivity index (χ3v) is 10.0. The van der Waals surface area contributed by atoms with E-state index in [0.29, 0.717) is 55.7 Å². The summed E-state index contributed by atoms with van der Waals surface area (Å²) in [6.45, 7) is 2.49. The lowest BCUT2D eigenvalue weighted by atomic mass is 9.95. The maximum atomic E-state index is 16.6. The number of nitrogens with zero attached hydrogens (tertiary/aromatic N) is 5. The van der Waals surface area contributed by atoms with Crippen molar-refractivity contribution < 1.29 is 23.0 Å². The first kappa shape index (κ1) is 27.9. The van der Waals surface area contributed by atoms with E-state index in [0.717, 1.165) is 37.1 Å². The van der Waals surface area contributed by atoms with E-state index >= 15 is 4.39 Å². The van der Waals surface area contributed by atoms with Crippen molar-refractivity contribution in [1.82, 2.24) is 19.9 Å². The number of aliphatic hydroxyl groups excluding tert-OH is 1. The first-order chi connectivity index (χ1) is 20.2. The Bertz CT molecular complexity index is 1690. The molecule has 42 heavy (non-hydrogen) atoms. The number of benzene rings is 2. The van der Waals surface area contributed by atoms with Gasteiger partial charge in [-0.15, -0.1) is 0 Å². The molecule has 3 fully saturated rings. The van der Waals surface area contributed by atoms with Crippen LogP contribution in [0.2, 0.25) is 5.02 Å². The van der Waals surface area contributed by atoms with Gasteiger partial charge < -0.3 is 20.5 Å². The number of aromatic nitrogens is 3. The zero-order valence-corrected chi connectivity index (χ0v) is 24.3. The smallest absolute Gasteiger partial charge is 0.319 e. The number of fused-ring (bicyclic) bond motifs is 3. The number of nitrogen functional groups attached to an aromatic ring is 1. The molecule has 2 aromatic carbocycles. The highest BCUT2D eigenvalue weighted by atomic mass is 35.5. The molecule has 0 spiro atoms. The van der Waals surface area contributed by atoms with E-state index in [1.54, 1.807) is 6.07 Å². The van der Waals surface area contributed by atoms with Crippen molar-refractivity contribution >= 4 is 55.0 Å². The molecule has 3 atom stereocenters. The number of anilines is 2. The predicted molar refractivity (Wildman–Crippen MR) is 158 cm³/mol. The molecule has 0 radical (unpaired) electrons. The Kier molecular flexibility index (Phi) is 7.07. The monoisotopic (exact) mass is 618 g/mol. The maximum Gasteiger partial charge on any atom is 0.319 e. The molecule has 4 aromatic rings. The third-order valence-electron chi connectivity index (χ3n) is 8.85. The summed E-state index contributed by atoms with van der Waals surface area (Å²) >= 11 is 7.72. The Morgan fingerprint density at radius 3 is 2.83 bits per heavy atom. The molecule has 222 valence electrons. The molecular formula is C29H30ClF3N6O2S. The summed E-state index contributed by atoms with van der Waals surface area (Å²) in [6, 6.07) is 4.27. The lowest BCUT2D eigenvalue weighted by Crippen LogP contribution is -2.43. The fraction of sp³-hybridized carbons (Fsp3) is 0.483. The molecule has 3 aliphatic rings. The Morgan fingerprint density at radius 2 is 1.98 bits per heavy atom. The SMILES string of the molecule is Nc1nc2c(-c3c(Cl)cc4c(N5CCCC(O)CC5)nc(OC[C@@]56CCCN5C[C@H](F)C6)nc4c3F)ccc(F)c2s1. The van der Waals surface area contributed by atoms with Crippen LogP contribution in [0, 0.1) is 11.6 Å². The summed E-state index contributed by atoms with van der Waals surface area (Å²) in [5.74, 6) is -0.772. The predicted octanol–water partition coefficient (Wildman–Crippen LogP) is 5.73. The second-order valence-corrected chi connectivity index (χ2v) is 13.0. The Balaban J connectivity index is 1.36. The van der Waals surface area contributed by atoms with Crippen LogP contribution < -0.4 is 15.4 Å². The van der Waals surface area contributed by atoms with Crippen LogP contribution in [0.15, 0.2) is 18.2 Å². The number of thiazole rings is 1. The highest BCUT2D eigenvalue weighted by Crippen LogP contribution is 2.44. The third kappa shape index (κ3) is 4.72. The van der Waals surface area contributed by atoms with Gasteiger partial charge in [0.05, 0.1) is 26.9 Å². The Morgan fingerprint density at radius 1 is 1.12 bits per heavy atom. The van der Waals surface area contributed by atoms with Gasteiger partial charge in [0.25, 0.3) is 0 Å². The summed E-state index contributed by atoms with van der Waals surface area (Å²) < 4.78 is 51.9. The normalized spacial score (nSPS) is 24.9. The highest BCUT2D eigenvalue weighted by Gasteiger charge is 2.49. The van der Waals surface area contributed by atoms with Gasteiger partial charge in [-0.25, -0.2) is 18.2 Å². The topological polar surface area (TPSA) is 101 Å². The van der Waals surface area contributed by atoms with Crippen molar-refractivity contribution in [3.63, 3.8) is 0 Å². The zero-order valence-electron chi connectivity index (χ0n) is 22.8. The van der Waals surface area contributed by atoms with Gasteiger partial charge in [-0.1, -0.05) is 22.9 Å². The lowest BCUT2D eigenvalue weighted by Gasteiger charge is -2.31. The summed E-state index contributed by atoms with van der Waals surface area (Å²) in [4.78, 5) is 17.6. The van der Waals surface area contributed by atoms with Crippen LogP contribution in [0.5, 0.6) is 6.01 Å². The van der Waals surface area contributed by atoms with Crippen molar-refractivity contribution in [2.45, 2.75) is 56.3 Å². The molecule has 0 aliphatic carbocycles. The number of hydrogen-bond donors (Lipinski definition) is 2. The molecular weight excluding hydrogens is 589 g/mol. The fourth-order valence-electron chi connectivity index (χ4n) is 6.84. The number of nitrogens with two attached hydrogens (primary N) is 1. The van der Waals surface area contributed by atoms with Gasteiger partial charge in [-0.2, -0.15) is 9.97 Å².